The van der Waals surface area contributed by atoms with Gasteiger partial charge in [0, 0.05) is 11.3 Å². The van der Waals surface area contributed by atoms with Crippen molar-refractivity contribution < 1.29 is 23.9 Å². The molecule has 0 aliphatic carbocycles. The molecule has 2 fully saturated rings. The number of carbonyl (C=O) groups is 2. The molecule has 3 aromatic carbocycles. The Bertz CT molecular complexity index is 1200. The number of anilines is 2. The summed E-state index contributed by atoms with van der Waals surface area (Å²) in [7, 11) is 0. The number of phenols is 1. The fourth-order valence-corrected chi connectivity index (χ4v) is 4.44. The molecule has 0 spiro atoms. The third-order valence-electron chi connectivity index (χ3n) is 6.56. The molecule has 0 radical (unpaired) electrons. The van der Waals surface area contributed by atoms with Gasteiger partial charge in [-0.05, 0) is 48.4 Å². The van der Waals surface area contributed by atoms with Crippen LogP contribution in [0.25, 0.3) is 11.1 Å². The Kier molecular flexibility index (Phi) is 5.36. The first-order valence-corrected chi connectivity index (χ1v) is 11.0. The highest BCUT2D eigenvalue weighted by atomic mass is 16.5. The molecule has 2 amide bonds. The van der Waals surface area contributed by atoms with E-state index in [-0.39, 0.29) is 42.1 Å². The van der Waals surface area contributed by atoms with E-state index in [1.807, 2.05) is 54.6 Å². The van der Waals surface area contributed by atoms with E-state index in [0.29, 0.717) is 22.3 Å². The summed E-state index contributed by atoms with van der Waals surface area (Å²) < 4.78 is 6.28. The standard InChI is InChI=1S/C26H25N3O4/c1-17-16-33-25-15-29(17,25)14-24(31)28-22-13-20(9-12-23(22)30)26(32)27-21-10-7-19(8-11-21)18-5-3-2-4-6-18/h2-13,17,25H,14-16H2,1H3,(H2-,27,28,30,31,32)/p+1. The lowest BCUT2D eigenvalue weighted by Crippen LogP contribution is -2.41. The van der Waals surface area contributed by atoms with Crippen molar-refractivity contribution >= 4 is 23.2 Å². The van der Waals surface area contributed by atoms with Gasteiger partial charge in [-0.15, -0.1) is 0 Å². The van der Waals surface area contributed by atoms with Crippen molar-refractivity contribution in [3.05, 3.63) is 78.4 Å². The minimum atomic E-state index is -0.326. The summed E-state index contributed by atoms with van der Waals surface area (Å²) in [4.78, 5) is 25.4. The molecule has 3 N–H and O–H groups in total. The second-order valence-corrected chi connectivity index (χ2v) is 8.76. The van der Waals surface area contributed by atoms with Gasteiger partial charge < -0.3 is 20.5 Å². The molecule has 3 aromatic rings. The van der Waals surface area contributed by atoms with Crippen LogP contribution >= 0.6 is 0 Å². The maximum Gasteiger partial charge on any atom is 0.279 e. The number of ether oxygens (including phenoxy) is 1. The largest absolute Gasteiger partial charge is 0.506 e. The second kappa shape index (κ2) is 8.35. The zero-order valence-electron chi connectivity index (χ0n) is 18.3. The SMILES string of the molecule is CC1COC2C[N+]12CC(=O)Nc1cc(C(=O)Nc2ccc(-c3ccccc3)cc2)ccc1O. The number of hydrogen-bond acceptors (Lipinski definition) is 4. The topological polar surface area (TPSA) is 87.7 Å². The number of morpholine rings is 1. The molecular formula is C26H26N3O4+. The van der Waals surface area contributed by atoms with E-state index < -0.39 is 0 Å². The minimum absolute atomic E-state index is 0.0832. The van der Waals surface area contributed by atoms with Crippen molar-refractivity contribution in [1.29, 1.82) is 0 Å². The molecule has 7 heteroatoms. The van der Waals surface area contributed by atoms with Gasteiger partial charge in [0.05, 0.1) is 5.69 Å². The number of fused-ring (bicyclic) bond motifs is 1. The second-order valence-electron chi connectivity index (χ2n) is 8.76. The van der Waals surface area contributed by atoms with Crippen molar-refractivity contribution in [3.8, 4) is 16.9 Å². The highest BCUT2D eigenvalue weighted by molar-refractivity contribution is 6.06. The highest BCUT2D eigenvalue weighted by Crippen LogP contribution is 2.41. The van der Waals surface area contributed by atoms with Crippen LogP contribution in [0.4, 0.5) is 11.4 Å². The normalized spacial score (nSPS) is 22.9. The molecular weight excluding hydrogens is 418 g/mol. The first-order chi connectivity index (χ1) is 15.9. The number of phenolic OH excluding ortho intramolecular Hbond substituents is 1. The fourth-order valence-electron chi connectivity index (χ4n) is 4.44. The predicted octanol–water partition coefficient (Wildman–Crippen LogP) is 3.83. The lowest BCUT2D eigenvalue weighted by molar-refractivity contribution is -0.822. The summed E-state index contributed by atoms with van der Waals surface area (Å²) in [6, 6.07) is 22.3. The lowest BCUT2D eigenvalue weighted by atomic mass is 10.1. The third kappa shape index (κ3) is 4.20. The quantitative estimate of drug-likeness (QED) is 0.306. The molecule has 2 heterocycles. The Hall–Kier alpha value is -3.68. The van der Waals surface area contributed by atoms with Gasteiger partial charge in [0.2, 0.25) is 6.23 Å². The molecule has 7 nitrogen and oxygen atoms in total. The van der Waals surface area contributed by atoms with Crippen LogP contribution in [0, 0.1) is 0 Å². The zero-order valence-corrected chi connectivity index (χ0v) is 18.3. The van der Waals surface area contributed by atoms with Crippen LogP contribution in [-0.4, -0.2) is 53.4 Å². The summed E-state index contributed by atoms with van der Waals surface area (Å²) in [5.41, 5.74) is 3.37. The van der Waals surface area contributed by atoms with Crippen LogP contribution in [0.3, 0.4) is 0 Å². The number of rotatable bonds is 6. The Balaban J connectivity index is 1.24. The van der Waals surface area contributed by atoms with Crippen molar-refractivity contribution in [2.45, 2.75) is 19.2 Å². The van der Waals surface area contributed by atoms with Crippen LogP contribution in [0.2, 0.25) is 0 Å². The van der Waals surface area contributed by atoms with E-state index >= 15 is 0 Å². The number of amides is 2. The van der Waals surface area contributed by atoms with Gasteiger partial charge in [-0.1, -0.05) is 42.5 Å². The van der Waals surface area contributed by atoms with Crippen LogP contribution in [0.15, 0.2) is 72.8 Å². The summed E-state index contributed by atoms with van der Waals surface area (Å²) in [5, 5.41) is 15.8. The van der Waals surface area contributed by atoms with E-state index in [2.05, 4.69) is 17.6 Å². The van der Waals surface area contributed by atoms with Gasteiger partial charge in [-0.2, -0.15) is 0 Å². The number of nitrogens with one attached hydrogen (secondary N) is 2. The van der Waals surface area contributed by atoms with E-state index in [0.717, 1.165) is 17.7 Å². The van der Waals surface area contributed by atoms with Crippen LogP contribution in [0.1, 0.15) is 17.3 Å². The molecule has 2 saturated heterocycles. The van der Waals surface area contributed by atoms with E-state index in [1.54, 1.807) is 0 Å². The van der Waals surface area contributed by atoms with Gasteiger partial charge in [0.15, 0.2) is 13.1 Å². The summed E-state index contributed by atoms with van der Waals surface area (Å²) >= 11 is 0. The van der Waals surface area contributed by atoms with Gasteiger partial charge in [0.25, 0.3) is 11.8 Å². The predicted molar refractivity (Wildman–Crippen MR) is 126 cm³/mol. The fraction of sp³-hybridized carbons (Fsp3) is 0.231. The first-order valence-electron chi connectivity index (χ1n) is 11.0. The van der Waals surface area contributed by atoms with Gasteiger partial charge in [-0.25, -0.2) is 0 Å². The molecule has 3 atom stereocenters. The van der Waals surface area contributed by atoms with E-state index in [1.165, 1.54) is 18.2 Å². The number of nitrogens with zero attached hydrogens (tertiary/aromatic N) is 1. The van der Waals surface area contributed by atoms with Crippen LogP contribution in [-0.2, 0) is 9.53 Å². The molecule has 5 rings (SSSR count). The Labute approximate surface area is 192 Å². The lowest BCUT2D eigenvalue weighted by Gasteiger charge is -2.19. The summed E-state index contributed by atoms with van der Waals surface area (Å²) in [6.07, 6.45) is 0.102. The Morgan fingerprint density at radius 2 is 1.73 bits per heavy atom. The van der Waals surface area contributed by atoms with E-state index in [4.69, 9.17) is 4.74 Å². The average Bonchev–Trinajstić information content (AvgIpc) is 3.45. The Morgan fingerprint density at radius 3 is 2.39 bits per heavy atom. The number of quaternary nitrogens is 1. The van der Waals surface area contributed by atoms with Crippen molar-refractivity contribution in [2.24, 2.45) is 0 Å². The smallest absolute Gasteiger partial charge is 0.279 e. The number of benzene rings is 3. The molecule has 0 saturated carbocycles. The minimum Gasteiger partial charge on any atom is -0.506 e. The summed E-state index contributed by atoms with van der Waals surface area (Å²) in [5.74, 6) is -0.619. The number of hydrogen-bond donors (Lipinski definition) is 3. The molecule has 2 aliphatic rings. The molecule has 0 bridgehead atoms. The number of aromatic hydroxyl groups is 1. The molecule has 2 aliphatic heterocycles. The first kappa shape index (κ1) is 21.2. The highest BCUT2D eigenvalue weighted by Gasteiger charge is 2.65. The Morgan fingerprint density at radius 1 is 1.00 bits per heavy atom. The van der Waals surface area contributed by atoms with Gasteiger partial charge in [0.1, 0.15) is 18.4 Å². The van der Waals surface area contributed by atoms with Crippen molar-refractivity contribution in [3.63, 3.8) is 0 Å². The molecule has 33 heavy (non-hydrogen) atoms. The maximum atomic E-state index is 12.8. The average molecular weight is 445 g/mol. The molecule has 3 unspecified atom stereocenters. The van der Waals surface area contributed by atoms with Gasteiger partial charge in [-0.3, -0.25) is 14.1 Å². The number of carbonyl (C=O) groups excluding carboxylic acids is 2. The molecule has 168 valence electrons. The van der Waals surface area contributed by atoms with Crippen LogP contribution < -0.4 is 10.6 Å². The van der Waals surface area contributed by atoms with Crippen molar-refractivity contribution in [2.75, 3.05) is 30.3 Å². The maximum absolute atomic E-state index is 12.8. The third-order valence-corrected chi connectivity index (χ3v) is 6.56. The monoisotopic (exact) mass is 444 g/mol. The molecule has 0 aromatic heterocycles. The van der Waals surface area contributed by atoms with Crippen LogP contribution in [0.5, 0.6) is 5.75 Å². The van der Waals surface area contributed by atoms with Crippen molar-refractivity contribution in [1.82, 2.24) is 0 Å². The zero-order chi connectivity index (χ0) is 23.0. The van der Waals surface area contributed by atoms with E-state index in [9.17, 15) is 14.7 Å². The summed E-state index contributed by atoms with van der Waals surface area (Å²) in [6.45, 7) is 3.86. The van der Waals surface area contributed by atoms with Gasteiger partial charge >= 0.3 is 0 Å².